The molecule has 0 aliphatic carbocycles. The van der Waals surface area contributed by atoms with Crippen LogP contribution < -0.4 is 16.0 Å². The first-order valence-corrected chi connectivity index (χ1v) is 11.1. The zero-order valence-corrected chi connectivity index (χ0v) is 17.8. The number of carbonyl (C=O) groups excluding carboxylic acids is 1. The number of nitrogens with one attached hydrogen (secondary N) is 3. The number of thiophene rings is 1. The molecule has 0 bridgehead atoms. The van der Waals surface area contributed by atoms with Crippen molar-refractivity contribution >= 4 is 23.2 Å². The highest BCUT2D eigenvalue weighted by molar-refractivity contribution is 7.10. The number of likely N-dealkylation sites (tertiary alicyclic amines) is 1. The quantitative estimate of drug-likeness (QED) is 0.333. The lowest BCUT2D eigenvalue weighted by molar-refractivity contribution is 0.0954. The van der Waals surface area contributed by atoms with Gasteiger partial charge in [0.05, 0.1) is 18.2 Å². The number of carbonyl (C=O) groups is 1. The van der Waals surface area contributed by atoms with E-state index in [9.17, 15) is 4.79 Å². The number of hydrogen-bond acceptors (Lipinski definition) is 5. The van der Waals surface area contributed by atoms with Crippen LogP contribution in [-0.4, -0.2) is 61.0 Å². The van der Waals surface area contributed by atoms with E-state index in [1.807, 2.05) is 0 Å². The van der Waals surface area contributed by atoms with Gasteiger partial charge in [0.2, 0.25) is 0 Å². The highest BCUT2D eigenvalue weighted by atomic mass is 32.1. The van der Waals surface area contributed by atoms with Crippen LogP contribution in [0.25, 0.3) is 0 Å². The van der Waals surface area contributed by atoms with Gasteiger partial charge < -0.3 is 16.0 Å². The maximum absolute atomic E-state index is 12.1. The van der Waals surface area contributed by atoms with Crippen LogP contribution in [0.5, 0.6) is 0 Å². The van der Waals surface area contributed by atoms with Gasteiger partial charge >= 0.3 is 0 Å². The molecule has 1 unspecified atom stereocenters. The molecule has 156 valence electrons. The van der Waals surface area contributed by atoms with Crippen LogP contribution in [-0.2, 0) is 0 Å². The van der Waals surface area contributed by atoms with Crippen molar-refractivity contribution in [3.05, 3.63) is 52.5 Å². The summed E-state index contributed by atoms with van der Waals surface area (Å²) < 4.78 is 0. The van der Waals surface area contributed by atoms with E-state index in [0.717, 1.165) is 32.1 Å². The van der Waals surface area contributed by atoms with Crippen molar-refractivity contribution in [1.82, 2.24) is 25.8 Å². The number of aliphatic imine (C=N–C) groups is 1. The molecule has 1 saturated heterocycles. The highest BCUT2D eigenvalue weighted by Gasteiger charge is 2.24. The van der Waals surface area contributed by atoms with Crippen LogP contribution >= 0.6 is 11.3 Å². The third-order valence-corrected chi connectivity index (χ3v) is 5.82. The summed E-state index contributed by atoms with van der Waals surface area (Å²) in [6.45, 7) is 6.96. The average Bonchev–Trinajstić information content (AvgIpc) is 3.46. The van der Waals surface area contributed by atoms with E-state index in [4.69, 9.17) is 4.99 Å². The predicted molar refractivity (Wildman–Crippen MR) is 118 cm³/mol. The summed E-state index contributed by atoms with van der Waals surface area (Å²) in [6, 6.07) is 8.16. The van der Waals surface area contributed by atoms with Crippen molar-refractivity contribution < 1.29 is 4.79 Å². The number of amides is 1. The molecule has 1 amide bonds. The highest BCUT2D eigenvalue weighted by Crippen LogP contribution is 2.28. The van der Waals surface area contributed by atoms with Gasteiger partial charge in [-0.1, -0.05) is 6.07 Å². The fourth-order valence-corrected chi connectivity index (χ4v) is 4.25. The Morgan fingerprint density at radius 3 is 2.72 bits per heavy atom. The van der Waals surface area contributed by atoms with Crippen LogP contribution in [0.2, 0.25) is 0 Å². The van der Waals surface area contributed by atoms with Gasteiger partial charge in [0.15, 0.2) is 5.96 Å². The minimum atomic E-state index is -0.117. The lowest BCUT2D eigenvalue weighted by Crippen LogP contribution is -2.42. The number of hydrogen-bond donors (Lipinski definition) is 3. The molecule has 1 fully saturated rings. The van der Waals surface area contributed by atoms with E-state index in [-0.39, 0.29) is 5.91 Å². The average molecular weight is 415 g/mol. The molecular formula is C21H30N6OS. The SMILES string of the molecule is CCNC(=NCC(c1cccs1)N1CCCC1)NCCNC(=O)c1cccnc1. The molecule has 1 aliphatic rings. The van der Waals surface area contributed by atoms with Gasteiger partial charge in [-0.05, 0) is 56.4 Å². The van der Waals surface area contributed by atoms with Crippen molar-refractivity contribution in [2.75, 3.05) is 39.3 Å². The molecular weight excluding hydrogens is 384 g/mol. The minimum Gasteiger partial charge on any atom is -0.357 e. The molecule has 29 heavy (non-hydrogen) atoms. The number of pyridine rings is 1. The van der Waals surface area contributed by atoms with Gasteiger partial charge in [-0.3, -0.25) is 19.7 Å². The standard InChI is InChI=1S/C21H30N6OS/c1-2-23-21(25-11-10-24-20(28)17-7-5-9-22-15-17)26-16-18(19-8-6-14-29-19)27-12-3-4-13-27/h5-9,14-15,18H,2-4,10-13,16H2,1H3,(H,24,28)(H2,23,25,26). The third-order valence-electron chi connectivity index (χ3n) is 4.85. The second-order valence-corrected chi connectivity index (χ2v) is 7.90. The number of nitrogens with zero attached hydrogens (tertiary/aromatic N) is 3. The van der Waals surface area contributed by atoms with E-state index in [0.29, 0.717) is 24.7 Å². The molecule has 0 radical (unpaired) electrons. The molecule has 2 aromatic heterocycles. The molecule has 2 aromatic rings. The van der Waals surface area contributed by atoms with Gasteiger partial charge in [0.1, 0.15) is 0 Å². The zero-order valence-electron chi connectivity index (χ0n) is 16.9. The summed E-state index contributed by atoms with van der Waals surface area (Å²) in [5, 5.41) is 11.6. The van der Waals surface area contributed by atoms with Crippen molar-refractivity contribution in [1.29, 1.82) is 0 Å². The Kier molecular flexibility index (Phi) is 8.45. The number of guanidine groups is 1. The van der Waals surface area contributed by atoms with Crippen LogP contribution in [0, 0.1) is 0 Å². The number of aromatic nitrogens is 1. The lowest BCUT2D eigenvalue weighted by atomic mass is 10.2. The molecule has 1 aliphatic heterocycles. The van der Waals surface area contributed by atoms with Gasteiger partial charge in [0, 0.05) is 36.9 Å². The first-order valence-electron chi connectivity index (χ1n) is 10.3. The number of rotatable bonds is 9. The Balaban J connectivity index is 1.51. The molecule has 0 spiro atoms. The maximum Gasteiger partial charge on any atom is 0.252 e. The summed E-state index contributed by atoms with van der Waals surface area (Å²) in [4.78, 5) is 24.8. The third kappa shape index (κ3) is 6.54. The molecule has 3 heterocycles. The van der Waals surface area contributed by atoms with Crippen molar-refractivity contribution in [3.63, 3.8) is 0 Å². The van der Waals surface area contributed by atoms with Gasteiger partial charge in [-0.2, -0.15) is 0 Å². The largest absolute Gasteiger partial charge is 0.357 e. The topological polar surface area (TPSA) is 81.7 Å². The molecule has 8 heteroatoms. The van der Waals surface area contributed by atoms with Crippen LogP contribution in [0.4, 0.5) is 0 Å². The lowest BCUT2D eigenvalue weighted by Gasteiger charge is -2.25. The van der Waals surface area contributed by atoms with E-state index in [2.05, 4.69) is 50.3 Å². The fraction of sp³-hybridized carbons (Fsp3) is 0.476. The van der Waals surface area contributed by atoms with E-state index in [1.165, 1.54) is 17.7 Å². The van der Waals surface area contributed by atoms with Crippen LogP contribution in [0.3, 0.4) is 0 Å². The van der Waals surface area contributed by atoms with Crippen molar-refractivity contribution in [3.8, 4) is 0 Å². The monoisotopic (exact) mass is 414 g/mol. The Morgan fingerprint density at radius 1 is 1.21 bits per heavy atom. The normalized spacial score (nSPS) is 15.8. The predicted octanol–water partition coefficient (Wildman–Crippen LogP) is 2.27. The van der Waals surface area contributed by atoms with Crippen molar-refractivity contribution in [2.45, 2.75) is 25.8 Å². The second kappa shape index (κ2) is 11.5. The van der Waals surface area contributed by atoms with Crippen molar-refractivity contribution in [2.24, 2.45) is 4.99 Å². The second-order valence-electron chi connectivity index (χ2n) is 6.92. The first-order chi connectivity index (χ1) is 14.3. The smallest absolute Gasteiger partial charge is 0.252 e. The Morgan fingerprint density at radius 2 is 2.03 bits per heavy atom. The van der Waals surface area contributed by atoms with Crippen LogP contribution in [0.1, 0.15) is 41.0 Å². The summed E-state index contributed by atoms with van der Waals surface area (Å²) in [5.41, 5.74) is 0.567. The molecule has 0 saturated carbocycles. The molecule has 7 nitrogen and oxygen atoms in total. The first kappa shape index (κ1) is 21.3. The van der Waals surface area contributed by atoms with Gasteiger partial charge in [0.25, 0.3) is 5.91 Å². The van der Waals surface area contributed by atoms with Crippen LogP contribution in [0.15, 0.2) is 47.0 Å². The van der Waals surface area contributed by atoms with E-state index in [1.54, 1.807) is 35.9 Å². The fourth-order valence-electron chi connectivity index (χ4n) is 3.40. The Hall–Kier alpha value is -2.45. The maximum atomic E-state index is 12.1. The molecule has 0 aromatic carbocycles. The Bertz CT molecular complexity index is 759. The molecule has 3 rings (SSSR count). The summed E-state index contributed by atoms with van der Waals surface area (Å²) in [7, 11) is 0. The van der Waals surface area contributed by atoms with E-state index >= 15 is 0 Å². The zero-order chi connectivity index (χ0) is 20.3. The molecule has 1 atom stereocenters. The summed E-state index contributed by atoms with van der Waals surface area (Å²) in [6.07, 6.45) is 5.75. The summed E-state index contributed by atoms with van der Waals surface area (Å²) in [5.74, 6) is 0.664. The van der Waals surface area contributed by atoms with Gasteiger partial charge in [-0.25, -0.2) is 0 Å². The Labute approximate surface area is 176 Å². The van der Waals surface area contributed by atoms with Gasteiger partial charge in [-0.15, -0.1) is 11.3 Å². The minimum absolute atomic E-state index is 0.117. The summed E-state index contributed by atoms with van der Waals surface area (Å²) >= 11 is 1.80. The van der Waals surface area contributed by atoms with E-state index < -0.39 is 0 Å². The molecule has 3 N–H and O–H groups in total.